The normalized spacial score (nSPS) is 22.0. The summed E-state index contributed by atoms with van der Waals surface area (Å²) in [6.45, 7) is 4.60. The summed E-state index contributed by atoms with van der Waals surface area (Å²) in [5.74, 6) is 0.352. The fourth-order valence-electron chi connectivity index (χ4n) is 3.49. The number of hydrogen-bond acceptors (Lipinski definition) is 10. The summed E-state index contributed by atoms with van der Waals surface area (Å²) in [6, 6.07) is 1.08. The van der Waals surface area contributed by atoms with Gasteiger partial charge in [0.15, 0.2) is 11.5 Å². The molecule has 3 amide bonds. The van der Waals surface area contributed by atoms with E-state index < -0.39 is 33.3 Å². The number of ether oxygens (including phenoxy) is 1. The van der Waals surface area contributed by atoms with Crippen LogP contribution in [0.25, 0.3) is 0 Å². The summed E-state index contributed by atoms with van der Waals surface area (Å²) in [7, 11) is -3.77. The number of anilines is 1. The third-order valence-corrected chi connectivity index (χ3v) is 7.27. The first-order valence-corrected chi connectivity index (χ1v) is 11.5. The molecule has 0 aliphatic carbocycles. The first kappa shape index (κ1) is 22.0. The summed E-state index contributed by atoms with van der Waals surface area (Å²) in [6.07, 6.45) is 3.08. The van der Waals surface area contributed by atoms with E-state index in [1.54, 1.807) is 6.07 Å². The van der Waals surface area contributed by atoms with Crippen molar-refractivity contribution in [2.75, 3.05) is 36.8 Å². The van der Waals surface area contributed by atoms with Gasteiger partial charge in [0.05, 0.1) is 23.8 Å². The van der Waals surface area contributed by atoms with Gasteiger partial charge in [0.1, 0.15) is 12.1 Å². The maximum Gasteiger partial charge on any atom is 0.322 e. The van der Waals surface area contributed by atoms with Crippen molar-refractivity contribution in [2.24, 2.45) is 0 Å². The van der Waals surface area contributed by atoms with Gasteiger partial charge in [-0.3, -0.25) is 10.1 Å². The van der Waals surface area contributed by atoms with Crippen LogP contribution in [0.4, 0.5) is 10.7 Å². The molecule has 2 fully saturated rings. The summed E-state index contributed by atoms with van der Waals surface area (Å²) in [5.41, 5.74) is -0.724. The highest BCUT2D eigenvalue weighted by molar-refractivity contribution is 7.89. The molecule has 0 spiro atoms. The van der Waals surface area contributed by atoms with E-state index in [0.29, 0.717) is 30.5 Å². The van der Waals surface area contributed by atoms with E-state index in [2.05, 4.69) is 25.8 Å². The Bertz CT molecular complexity index is 1110. The number of aromatic nitrogens is 3. The number of aryl methyl sites for hydroxylation is 1. The number of sulfonamides is 1. The molecule has 0 saturated carbocycles. The van der Waals surface area contributed by atoms with E-state index in [-0.39, 0.29) is 19.7 Å². The van der Waals surface area contributed by atoms with E-state index >= 15 is 0 Å². The molecular formula is C18H23N7O6S. The molecule has 2 aliphatic rings. The molecule has 0 bridgehead atoms. The number of hydrogen-bond donors (Lipinski definition) is 2. The quantitative estimate of drug-likeness (QED) is 0.506. The molecule has 14 heteroatoms. The van der Waals surface area contributed by atoms with Crippen molar-refractivity contribution in [2.45, 2.75) is 26.0 Å². The van der Waals surface area contributed by atoms with Crippen LogP contribution in [-0.4, -0.2) is 77.3 Å². The summed E-state index contributed by atoms with van der Waals surface area (Å²) < 4.78 is 37.5. The molecule has 2 saturated heterocycles. The van der Waals surface area contributed by atoms with E-state index in [4.69, 9.17) is 9.26 Å². The molecule has 4 heterocycles. The molecule has 2 aromatic rings. The van der Waals surface area contributed by atoms with Crippen molar-refractivity contribution in [3.05, 3.63) is 29.9 Å². The highest BCUT2D eigenvalue weighted by Crippen LogP contribution is 2.20. The number of imide groups is 1. The van der Waals surface area contributed by atoms with Gasteiger partial charge in [0.2, 0.25) is 16.0 Å². The van der Waals surface area contributed by atoms with Crippen LogP contribution in [0.15, 0.2) is 23.0 Å². The lowest BCUT2D eigenvalue weighted by atomic mass is 10.1. The molecular weight excluding hydrogens is 442 g/mol. The second-order valence-corrected chi connectivity index (χ2v) is 9.79. The number of nitrogens with zero attached hydrogens (tertiary/aromatic N) is 5. The van der Waals surface area contributed by atoms with Crippen molar-refractivity contribution in [1.29, 1.82) is 0 Å². The SMILES string of the molecule is Cc1cc(COc2cnc(N3CCN(S(=O)(=O)C[C@@]4(C)NC(=O)NC4=O)CC3)nc2)on1. The molecule has 32 heavy (non-hydrogen) atoms. The zero-order chi connectivity index (χ0) is 22.9. The Balaban J connectivity index is 1.31. The van der Waals surface area contributed by atoms with Crippen LogP contribution < -0.4 is 20.3 Å². The molecule has 1 atom stereocenters. The first-order valence-electron chi connectivity index (χ1n) is 9.88. The van der Waals surface area contributed by atoms with Crippen LogP contribution in [0.5, 0.6) is 5.75 Å². The van der Waals surface area contributed by atoms with Crippen LogP contribution in [0, 0.1) is 6.92 Å². The van der Waals surface area contributed by atoms with Gasteiger partial charge in [-0.15, -0.1) is 0 Å². The largest absolute Gasteiger partial charge is 0.482 e. The lowest BCUT2D eigenvalue weighted by Crippen LogP contribution is -2.56. The van der Waals surface area contributed by atoms with Crippen LogP contribution in [0.2, 0.25) is 0 Å². The van der Waals surface area contributed by atoms with Crippen molar-refractivity contribution < 1.29 is 27.3 Å². The minimum atomic E-state index is -3.77. The fraction of sp³-hybridized carbons (Fsp3) is 0.500. The summed E-state index contributed by atoms with van der Waals surface area (Å²) in [4.78, 5) is 33.8. The number of rotatable bonds is 7. The molecule has 2 N–H and O–H groups in total. The average molecular weight is 465 g/mol. The second kappa shape index (κ2) is 8.35. The van der Waals surface area contributed by atoms with Gasteiger partial charge in [-0.25, -0.2) is 23.2 Å². The van der Waals surface area contributed by atoms with E-state index in [1.165, 1.54) is 23.6 Å². The zero-order valence-corrected chi connectivity index (χ0v) is 18.4. The minimum absolute atomic E-state index is 0.206. The predicted molar refractivity (Wildman–Crippen MR) is 110 cm³/mol. The molecule has 2 aliphatic heterocycles. The van der Waals surface area contributed by atoms with Gasteiger partial charge >= 0.3 is 6.03 Å². The van der Waals surface area contributed by atoms with Crippen molar-refractivity contribution >= 4 is 27.9 Å². The van der Waals surface area contributed by atoms with Gasteiger partial charge < -0.3 is 19.5 Å². The molecule has 172 valence electrons. The van der Waals surface area contributed by atoms with Gasteiger partial charge in [0, 0.05) is 32.2 Å². The maximum atomic E-state index is 12.8. The number of carbonyl (C=O) groups excluding carboxylic acids is 2. The lowest BCUT2D eigenvalue weighted by Gasteiger charge is -2.35. The number of nitrogens with one attached hydrogen (secondary N) is 2. The van der Waals surface area contributed by atoms with E-state index in [9.17, 15) is 18.0 Å². The van der Waals surface area contributed by atoms with Gasteiger partial charge in [-0.1, -0.05) is 5.16 Å². The number of amides is 3. The minimum Gasteiger partial charge on any atom is -0.482 e. The fourth-order valence-corrected chi connectivity index (χ4v) is 5.32. The maximum absolute atomic E-state index is 12.8. The van der Waals surface area contributed by atoms with Crippen LogP contribution in [0.1, 0.15) is 18.4 Å². The third-order valence-electron chi connectivity index (χ3n) is 5.18. The molecule has 4 rings (SSSR count). The highest BCUT2D eigenvalue weighted by Gasteiger charge is 2.46. The Kier molecular flexibility index (Phi) is 5.73. The Morgan fingerprint density at radius 1 is 1.19 bits per heavy atom. The first-order chi connectivity index (χ1) is 15.1. The molecule has 0 unspecified atom stereocenters. The highest BCUT2D eigenvalue weighted by atomic mass is 32.2. The Morgan fingerprint density at radius 3 is 2.44 bits per heavy atom. The van der Waals surface area contributed by atoms with Crippen LogP contribution >= 0.6 is 0 Å². The van der Waals surface area contributed by atoms with Crippen molar-refractivity contribution in [3.63, 3.8) is 0 Å². The monoisotopic (exact) mass is 465 g/mol. The Labute approximate surface area is 184 Å². The number of urea groups is 1. The molecule has 2 aromatic heterocycles. The van der Waals surface area contributed by atoms with Crippen molar-refractivity contribution in [3.8, 4) is 5.75 Å². The average Bonchev–Trinajstić information content (AvgIpc) is 3.27. The van der Waals surface area contributed by atoms with E-state index in [1.807, 2.05) is 11.8 Å². The number of piperazine rings is 1. The summed E-state index contributed by atoms with van der Waals surface area (Å²) in [5, 5.41) is 8.24. The summed E-state index contributed by atoms with van der Waals surface area (Å²) >= 11 is 0. The molecule has 13 nitrogen and oxygen atoms in total. The smallest absolute Gasteiger partial charge is 0.322 e. The number of carbonyl (C=O) groups is 2. The van der Waals surface area contributed by atoms with Crippen LogP contribution in [-0.2, 0) is 21.4 Å². The standard InChI is InChI=1S/C18H23N7O6S/c1-12-7-13(31-23-12)10-30-14-8-19-16(20-9-14)24-3-5-25(6-4-24)32(28,29)11-18(2)15(26)21-17(27)22-18/h7-9H,3-6,10-11H2,1-2H3,(H2,21,22,26,27)/t18-/m1/s1. The van der Waals surface area contributed by atoms with E-state index in [0.717, 1.165) is 5.69 Å². The van der Waals surface area contributed by atoms with Gasteiger partial charge in [-0.05, 0) is 13.8 Å². The Hall–Kier alpha value is -3.26. The van der Waals surface area contributed by atoms with Gasteiger partial charge in [-0.2, -0.15) is 4.31 Å². The van der Waals surface area contributed by atoms with Gasteiger partial charge in [0.25, 0.3) is 5.91 Å². The van der Waals surface area contributed by atoms with Crippen LogP contribution in [0.3, 0.4) is 0 Å². The molecule has 0 aromatic carbocycles. The topological polar surface area (TPSA) is 160 Å². The molecule has 0 radical (unpaired) electrons. The Morgan fingerprint density at radius 2 is 1.88 bits per heavy atom. The predicted octanol–water partition coefficient (Wildman–Crippen LogP) is -0.598. The second-order valence-electron chi connectivity index (χ2n) is 7.82. The third kappa shape index (κ3) is 4.65. The zero-order valence-electron chi connectivity index (χ0n) is 17.6. The lowest BCUT2D eigenvalue weighted by molar-refractivity contribution is -0.122. The van der Waals surface area contributed by atoms with Crippen molar-refractivity contribution in [1.82, 2.24) is 30.1 Å².